The molecule has 2 nitrogen and oxygen atoms in total. The number of alkyl halides is 2. The molecule has 14 heavy (non-hydrogen) atoms. The van der Waals surface area contributed by atoms with Gasteiger partial charge in [0.1, 0.15) is 8.30 Å². The van der Waals surface area contributed by atoms with Gasteiger partial charge in [-0.2, -0.15) is 5.26 Å². The van der Waals surface area contributed by atoms with Gasteiger partial charge in [-0.05, 0) is 50.2 Å². The SMILES string of the molecule is N#CCc1cc(I)nc(Br)c1C(F)F. The smallest absolute Gasteiger partial charge is 0.234 e. The lowest BCUT2D eigenvalue weighted by atomic mass is 10.1. The van der Waals surface area contributed by atoms with E-state index in [1.807, 2.05) is 28.7 Å². The fourth-order valence-electron chi connectivity index (χ4n) is 1.00. The molecule has 0 aliphatic carbocycles. The Morgan fingerprint density at radius 1 is 1.64 bits per heavy atom. The summed E-state index contributed by atoms with van der Waals surface area (Å²) in [5.41, 5.74) is 0.140. The van der Waals surface area contributed by atoms with Gasteiger partial charge < -0.3 is 0 Å². The summed E-state index contributed by atoms with van der Waals surface area (Å²) in [6.07, 6.45) is -2.64. The second kappa shape index (κ2) is 4.98. The van der Waals surface area contributed by atoms with Gasteiger partial charge in [0.25, 0.3) is 6.43 Å². The maximum atomic E-state index is 12.6. The van der Waals surface area contributed by atoms with E-state index < -0.39 is 6.43 Å². The van der Waals surface area contributed by atoms with Crippen molar-refractivity contribution in [3.63, 3.8) is 0 Å². The van der Waals surface area contributed by atoms with Crippen molar-refractivity contribution >= 4 is 38.5 Å². The molecule has 0 fully saturated rings. The molecule has 6 heteroatoms. The largest absolute Gasteiger partial charge is 0.266 e. The first-order valence-corrected chi connectivity index (χ1v) is 5.43. The Kier molecular flexibility index (Phi) is 4.19. The number of halogens is 4. The summed E-state index contributed by atoms with van der Waals surface area (Å²) < 4.78 is 25.8. The highest BCUT2D eigenvalue weighted by molar-refractivity contribution is 14.1. The second-order valence-corrected chi connectivity index (χ2v) is 4.30. The molecule has 0 saturated heterocycles. The highest BCUT2D eigenvalue weighted by Crippen LogP contribution is 2.30. The van der Waals surface area contributed by atoms with Crippen LogP contribution in [0.1, 0.15) is 17.6 Å². The molecule has 0 amide bonds. The zero-order chi connectivity index (χ0) is 10.7. The molecule has 0 aliphatic heterocycles. The molecule has 0 aromatic carbocycles. The van der Waals surface area contributed by atoms with Crippen molar-refractivity contribution in [1.29, 1.82) is 5.26 Å². The lowest BCUT2D eigenvalue weighted by Crippen LogP contribution is -1.99. The monoisotopic (exact) mass is 372 g/mol. The molecule has 0 spiro atoms. The standard InChI is InChI=1S/C8H4BrF2IN2/c9-7-6(8(10)11)4(1-2-13)3-5(12)14-7/h3,8H,1H2. The molecule has 1 aromatic heterocycles. The minimum absolute atomic E-state index is 0.0310. The molecule has 0 saturated carbocycles. The van der Waals surface area contributed by atoms with Crippen LogP contribution in [0.15, 0.2) is 10.7 Å². The van der Waals surface area contributed by atoms with Crippen LogP contribution in [0.25, 0.3) is 0 Å². The number of pyridine rings is 1. The van der Waals surface area contributed by atoms with Crippen molar-refractivity contribution in [2.45, 2.75) is 12.8 Å². The van der Waals surface area contributed by atoms with Gasteiger partial charge >= 0.3 is 0 Å². The van der Waals surface area contributed by atoms with Gasteiger partial charge in [0.05, 0.1) is 18.1 Å². The normalized spacial score (nSPS) is 10.3. The average Bonchev–Trinajstić information content (AvgIpc) is 2.01. The Labute approximate surface area is 102 Å². The molecule has 0 bridgehead atoms. The van der Waals surface area contributed by atoms with Gasteiger partial charge in [-0.25, -0.2) is 13.8 Å². The molecule has 1 rings (SSSR count). The van der Waals surface area contributed by atoms with Crippen LogP contribution >= 0.6 is 38.5 Å². The summed E-state index contributed by atoms with van der Waals surface area (Å²) in [5, 5.41) is 8.47. The van der Waals surface area contributed by atoms with Crippen LogP contribution < -0.4 is 0 Å². The Bertz CT molecular complexity index is 390. The predicted molar refractivity (Wildman–Crippen MR) is 58.9 cm³/mol. The van der Waals surface area contributed by atoms with Crippen molar-refractivity contribution in [3.8, 4) is 6.07 Å². The lowest BCUT2D eigenvalue weighted by Gasteiger charge is -2.08. The Hall–Kier alpha value is -0.290. The predicted octanol–water partition coefficient (Wildman–Crippen LogP) is 3.45. The van der Waals surface area contributed by atoms with E-state index in [9.17, 15) is 8.78 Å². The Balaban J connectivity index is 3.30. The molecular formula is C8H4BrF2IN2. The van der Waals surface area contributed by atoms with E-state index in [4.69, 9.17) is 5.26 Å². The number of nitrogens with zero attached hydrogens (tertiary/aromatic N) is 2. The van der Waals surface area contributed by atoms with Crippen molar-refractivity contribution in [2.75, 3.05) is 0 Å². The molecule has 0 radical (unpaired) electrons. The van der Waals surface area contributed by atoms with Gasteiger partial charge in [-0.15, -0.1) is 0 Å². The Morgan fingerprint density at radius 3 is 2.79 bits per heavy atom. The van der Waals surface area contributed by atoms with Crippen LogP contribution in [0.5, 0.6) is 0 Å². The van der Waals surface area contributed by atoms with Crippen molar-refractivity contribution in [1.82, 2.24) is 4.98 Å². The van der Waals surface area contributed by atoms with Crippen molar-refractivity contribution in [3.05, 3.63) is 25.5 Å². The number of hydrogen-bond donors (Lipinski definition) is 0. The molecular weight excluding hydrogens is 369 g/mol. The topological polar surface area (TPSA) is 36.7 Å². The third kappa shape index (κ3) is 2.60. The Morgan fingerprint density at radius 2 is 2.29 bits per heavy atom. The zero-order valence-corrected chi connectivity index (χ0v) is 10.5. The highest BCUT2D eigenvalue weighted by Gasteiger charge is 2.18. The van der Waals surface area contributed by atoms with Gasteiger partial charge in [0.15, 0.2) is 0 Å². The van der Waals surface area contributed by atoms with E-state index in [0.29, 0.717) is 9.26 Å². The van der Waals surface area contributed by atoms with E-state index in [1.165, 1.54) is 6.07 Å². The molecule has 74 valence electrons. The summed E-state index contributed by atoms with van der Waals surface area (Å²) in [7, 11) is 0. The van der Waals surface area contributed by atoms with Crippen LogP contribution in [0.2, 0.25) is 0 Å². The summed E-state index contributed by atoms with van der Waals surface area (Å²) in [6, 6.07) is 3.34. The fourth-order valence-corrected chi connectivity index (χ4v) is 2.57. The van der Waals surface area contributed by atoms with Crippen molar-refractivity contribution in [2.24, 2.45) is 0 Å². The quantitative estimate of drug-likeness (QED) is 0.589. The van der Waals surface area contributed by atoms with Gasteiger partial charge in [-0.1, -0.05) is 0 Å². The maximum Gasteiger partial charge on any atom is 0.266 e. The first kappa shape index (κ1) is 11.8. The van der Waals surface area contributed by atoms with E-state index in [-0.39, 0.29) is 16.6 Å². The number of rotatable bonds is 2. The van der Waals surface area contributed by atoms with E-state index in [0.717, 1.165) is 0 Å². The zero-order valence-electron chi connectivity index (χ0n) is 6.77. The highest BCUT2D eigenvalue weighted by atomic mass is 127. The fraction of sp³-hybridized carbons (Fsp3) is 0.250. The molecule has 0 atom stereocenters. The summed E-state index contributed by atoms with van der Waals surface area (Å²) in [6.45, 7) is 0. The maximum absolute atomic E-state index is 12.6. The van der Waals surface area contributed by atoms with Gasteiger partial charge in [0, 0.05) is 0 Å². The number of aromatic nitrogens is 1. The van der Waals surface area contributed by atoms with Crippen LogP contribution in [0.3, 0.4) is 0 Å². The van der Waals surface area contributed by atoms with Gasteiger partial charge in [-0.3, -0.25) is 0 Å². The van der Waals surface area contributed by atoms with E-state index in [2.05, 4.69) is 20.9 Å². The third-order valence-corrected chi connectivity index (χ3v) is 2.71. The van der Waals surface area contributed by atoms with Crippen molar-refractivity contribution < 1.29 is 8.78 Å². The number of nitriles is 1. The molecule has 0 N–H and O–H groups in total. The summed E-state index contributed by atoms with van der Waals surface area (Å²) in [4.78, 5) is 3.85. The van der Waals surface area contributed by atoms with Crippen LogP contribution in [0, 0.1) is 15.0 Å². The summed E-state index contributed by atoms with van der Waals surface area (Å²) >= 11 is 4.88. The second-order valence-electron chi connectivity index (χ2n) is 2.44. The molecule has 1 aromatic rings. The minimum atomic E-state index is -2.61. The van der Waals surface area contributed by atoms with E-state index >= 15 is 0 Å². The van der Waals surface area contributed by atoms with Crippen LogP contribution in [-0.2, 0) is 6.42 Å². The number of hydrogen-bond acceptors (Lipinski definition) is 2. The van der Waals surface area contributed by atoms with Crippen LogP contribution in [0.4, 0.5) is 8.78 Å². The molecule has 0 aliphatic rings. The molecule has 1 heterocycles. The third-order valence-electron chi connectivity index (χ3n) is 1.55. The first-order valence-electron chi connectivity index (χ1n) is 3.56. The van der Waals surface area contributed by atoms with Crippen LogP contribution in [-0.4, -0.2) is 4.98 Å². The first-order chi connectivity index (χ1) is 6.56. The average molecular weight is 373 g/mol. The van der Waals surface area contributed by atoms with Gasteiger partial charge in [0.2, 0.25) is 0 Å². The minimum Gasteiger partial charge on any atom is -0.234 e. The summed E-state index contributed by atoms with van der Waals surface area (Å²) in [5.74, 6) is 0. The lowest BCUT2D eigenvalue weighted by molar-refractivity contribution is 0.149. The molecule has 0 unspecified atom stereocenters. The van der Waals surface area contributed by atoms with E-state index in [1.54, 1.807) is 0 Å².